The summed E-state index contributed by atoms with van der Waals surface area (Å²) >= 11 is 6.34. The van der Waals surface area contributed by atoms with Gasteiger partial charge >= 0.3 is 0 Å². The standard InChI is InChI=1S/C22H19ClF2N4O4/c23-12-8-16-21(27-15(12)5-4-11-13(24)2-1-3-14(11)25)29-22(28-16)33-18-10-32-19-17(30-7-6-26)9-31-20(18)19/h1-3,8,17-20H,4-5,7,9-10H2,(H,27,28,29)/t17-,18-,19-,20-/m1/s1. The maximum absolute atomic E-state index is 13.9. The van der Waals surface area contributed by atoms with Crippen LogP contribution in [0.1, 0.15) is 11.3 Å². The van der Waals surface area contributed by atoms with Gasteiger partial charge in [-0.1, -0.05) is 17.7 Å². The molecule has 0 aliphatic carbocycles. The van der Waals surface area contributed by atoms with Gasteiger partial charge < -0.3 is 23.9 Å². The highest BCUT2D eigenvalue weighted by Crippen LogP contribution is 2.31. The lowest BCUT2D eigenvalue weighted by atomic mass is 10.1. The van der Waals surface area contributed by atoms with Crippen LogP contribution in [0.5, 0.6) is 6.01 Å². The number of aryl methyl sites for hydroxylation is 1. The Morgan fingerprint density at radius 3 is 2.61 bits per heavy atom. The fourth-order valence-electron chi connectivity index (χ4n) is 4.14. The van der Waals surface area contributed by atoms with Gasteiger partial charge in [-0.3, -0.25) is 0 Å². The number of fused-ring (bicyclic) bond motifs is 2. The molecule has 2 aliphatic rings. The van der Waals surface area contributed by atoms with Gasteiger partial charge in [-0.15, -0.1) is 0 Å². The van der Waals surface area contributed by atoms with E-state index in [1.165, 1.54) is 18.2 Å². The van der Waals surface area contributed by atoms with E-state index >= 15 is 0 Å². The van der Waals surface area contributed by atoms with Crippen LogP contribution in [0.25, 0.3) is 11.2 Å². The third-order valence-corrected chi connectivity index (χ3v) is 6.07. The van der Waals surface area contributed by atoms with Crippen LogP contribution in [0.4, 0.5) is 8.78 Å². The molecule has 1 N–H and O–H groups in total. The molecule has 2 aliphatic heterocycles. The Morgan fingerprint density at radius 1 is 1.12 bits per heavy atom. The van der Waals surface area contributed by atoms with E-state index in [-0.39, 0.29) is 55.9 Å². The summed E-state index contributed by atoms with van der Waals surface area (Å²) in [6.07, 6.45) is -1.03. The lowest BCUT2D eigenvalue weighted by molar-refractivity contribution is -0.0250. The molecule has 2 aromatic heterocycles. The number of pyridine rings is 1. The molecule has 2 fully saturated rings. The molecule has 4 atom stereocenters. The Labute approximate surface area is 192 Å². The molecule has 0 radical (unpaired) electrons. The summed E-state index contributed by atoms with van der Waals surface area (Å²) in [5.74, 6) is -1.21. The molecule has 33 heavy (non-hydrogen) atoms. The lowest BCUT2D eigenvalue weighted by Crippen LogP contribution is -2.35. The Balaban J connectivity index is 1.28. The molecule has 0 bridgehead atoms. The van der Waals surface area contributed by atoms with Gasteiger partial charge in [0.1, 0.15) is 36.6 Å². The minimum Gasteiger partial charge on any atom is -0.456 e. The predicted octanol–water partition coefficient (Wildman–Crippen LogP) is 3.13. The quantitative estimate of drug-likeness (QED) is 0.559. The molecule has 3 aromatic rings. The van der Waals surface area contributed by atoms with Gasteiger partial charge in [0.25, 0.3) is 6.01 Å². The molecule has 11 heteroatoms. The normalized spacial score (nSPS) is 24.2. The van der Waals surface area contributed by atoms with Crippen molar-refractivity contribution >= 4 is 22.8 Å². The summed E-state index contributed by atoms with van der Waals surface area (Å²) < 4.78 is 50.7. The van der Waals surface area contributed by atoms with Gasteiger partial charge in [0.15, 0.2) is 11.8 Å². The highest BCUT2D eigenvalue weighted by molar-refractivity contribution is 6.31. The van der Waals surface area contributed by atoms with Gasteiger partial charge in [-0.25, -0.2) is 13.8 Å². The minimum absolute atomic E-state index is 0.00841. The van der Waals surface area contributed by atoms with Crippen LogP contribution in [0, 0.1) is 23.0 Å². The SMILES string of the molecule is N#CCO[C@@H]1CO[C@H]2[C@@H]1OC[C@H]2Oc1nc2nc(CCc3c(F)cccc3F)c(Cl)cc2[nH]1. The number of nitrogens with one attached hydrogen (secondary N) is 1. The number of nitrogens with zero attached hydrogens (tertiary/aromatic N) is 3. The van der Waals surface area contributed by atoms with Gasteiger partial charge in [-0.05, 0) is 31.0 Å². The zero-order valence-electron chi connectivity index (χ0n) is 17.3. The number of H-pyrrole nitrogens is 1. The zero-order chi connectivity index (χ0) is 22.9. The van der Waals surface area contributed by atoms with Crippen LogP contribution in [0.15, 0.2) is 24.3 Å². The van der Waals surface area contributed by atoms with Crippen molar-refractivity contribution in [1.82, 2.24) is 15.0 Å². The van der Waals surface area contributed by atoms with Crippen molar-refractivity contribution in [3.05, 3.63) is 52.2 Å². The van der Waals surface area contributed by atoms with E-state index in [0.717, 1.165) is 0 Å². The second kappa shape index (κ2) is 9.19. The number of hydrogen-bond acceptors (Lipinski definition) is 7. The van der Waals surface area contributed by atoms with Gasteiger partial charge in [0.05, 0.1) is 35.5 Å². The van der Waals surface area contributed by atoms with E-state index in [2.05, 4.69) is 15.0 Å². The van der Waals surface area contributed by atoms with Crippen molar-refractivity contribution in [2.24, 2.45) is 0 Å². The molecule has 5 rings (SSSR count). The maximum atomic E-state index is 13.9. The number of nitriles is 1. The molecule has 0 unspecified atom stereocenters. The van der Waals surface area contributed by atoms with Crippen molar-refractivity contribution in [1.29, 1.82) is 5.26 Å². The van der Waals surface area contributed by atoms with Crippen molar-refractivity contribution in [2.45, 2.75) is 37.3 Å². The smallest absolute Gasteiger partial charge is 0.296 e. The minimum atomic E-state index is -0.603. The highest BCUT2D eigenvalue weighted by atomic mass is 35.5. The number of benzene rings is 1. The molecule has 172 valence electrons. The summed E-state index contributed by atoms with van der Waals surface area (Å²) in [5.41, 5.74) is 1.40. The first-order chi connectivity index (χ1) is 16.0. The average molecular weight is 477 g/mol. The van der Waals surface area contributed by atoms with Crippen molar-refractivity contribution in [3.63, 3.8) is 0 Å². The molecule has 0 saturated carbocycles. The van der Waals surface area contributed by atoms with Gasteiger partial charge in [0, 0.05) is 5.56 Å². The first-order valence-electron chi connectivity index (χ1n) is 10.4. The highest BCUT2D eigenvalue weighted by Gasteiger charge is 2.49. The Bertz CT molecular complexity index is 1200. The number of hydrogen-bond donors (Lipinski definition) is 1. The molecule has 0 amide bonds. The molecule has 1 aromatic carbocycles. The number of rotatable bonds is 7. The number of ether oxygens (including phenoxy) is 4. The molecule has 8 nitrogen and oxygen atoms in total. The van der Waals surface area contributed by atoms with E-state index in [1.54, 1.807) is 6.07 Å². The molecular formula is C22H19ClF2N4O4. The first kappa shape index (κ1) is 22.0. The van der Waals surface area contributed by atoms with Crippen LogP contribution in [-0.4, -0.2) is 59.2 Å². The van der Waals surface area contributed by atoms with E-state index in [1.807, 2.05) is 6.07 Å². The van der Waals surface area contributed by atoms with Crippen LogP contribution in [0.3, 0.4) is 0 Å². The fraction of sp³-hybridized carbons (Fsp3) is 0.409. The Kier molecular flexibility index (Phi) is 6.12. The van der Waals surface area contributed by atoms with Crippen LogP contribution < -0.4 is 4.74 Å². The summed E-state index contributed by atoms with van der Waals surface area (Å²) in [5, 5.41) is 9.05. The molecule has 2 saturated heterocycles. The second-order valence-corrected chi connectivity index (χ2v) is 8.20. The third-order valence-electron chi connectivity index (χ3n) is 5.74. The summed E-state index contributed by atoms with van der Waals surface area (Å²) in [6.45, 7) is 0.570. The summed E-state index contributed by atoms with van der Waals surface area (Å²) in [4.78, 5) is 11.8. The van der Waals surface area contributed by atoms with Crippen molar-refractivity contribution < 1.29 is 27.7 Å². The monoisotopic (exact) mass is 476 g/mol. The second-order valence-electron chi connectivity index (χ2n) is 7.79. The first-order valence-corrected chi connectivity index (χ1v) is 10.8. The van der Waals surface area contributed by atoms with Crippen LogP contribution in [0.2, 0.25) is 5.02 Å². The molecule has 4 heterocycles. The Hall–Kier alpha value is -2.84. The summed E-state index contributed by atoms with van der Waals surface area (Å²) in [6, 6.07) is 7.58. The third kappa shape index (κ3) is 4.37. The fourth-order valence-corrected chi connectivity index (χ4v) is 4.38. The van der Waals surface area contributed by atoms with Gasteiger partial charge in [0.2, 0.25) is 0 Å². The number of halogens is 3. The number of aromatic amines is 1. The van der Waals surface area contributed by atoms with E-state index < -0.39 is 17.7 Å². The van der Waals surface area contributed by atoms with Crippen LogP contribution in [-0.2, 0) is 27.1 Å². The molecule has 0 spiro atoms. The lowest BCUT2D eigenvalue weighted by Gasteiger charge is -2.16. The predicted molar refractivity (Wildman–Crippen MR) is 112 cm³/mol. The van der Waals surface area contributed by atoms with E-state index in [0.29, 0.717) is 28.5 Å². The topological polar surface area (TPSA) is 102 Å². The van der Waals surface area contributed by atoms with E-state index in [4.69, 9.17) is 35.8 Å². The van der Waals surface area contributed by atoms with Crippen molar-refractivity contribution in [3.8, 4) is 12.1 Å². The van der Waals surface area contributed by atoms with Gasteiger partial charge in [-0.2, -0.15) is 10.2 Å². The van der Waals surface area contributed by atoms with Crippen LogP contribution >= 0.6 is 11.6 Å². The van der Waals surface area contributed by atoms with Crippen molar-refractivity contribution in [2.75, 3.05) is 19.8 Å². The summed E-state index contributed by atoms with van der Waals surface area (Å²) in [7, 11) is 0. The molecular weight excluding hydrogens is 458 g/mol. The number of aromatic nitrogens is 3. The van der Waals surface area contributed by atoms with E-state index in [9.17, 15) is 8.78 Å². The zero-order valence-corrected chi connectivity index (χ0v) is 18.0. The largest absolute Gasteiger partial charge is 0.456 e. The maximum Gasteiger partial charge on any atom is 0.296 e. The Morgan fingerprint density at radius 2 is 1.85 bits per heavy atom. The number of imidazole rings is 1. The average Bonchev–Trinajstić information content (AvgIpc) is 3.48.